The molecule has 0 spiro atoms. The molecule has 1 amide bonds. The topological polar surface area (TPSA) is 83.7 Å². The van der Waals surface area contributed by atoms with Crippen LogP contribution in [0.25, 0.3) is 5.65 Å². The van der Waals surface area contributed by atoms with Crippen molar-refractivity contribution >= 4 is 17.5 Å². The maximum Gasteiger partial charge on any atom is 0.306 e. The second kappa shape index (κ2) is 5.20. The highest BCUT2D eigenvalue weighted by atomic mass is 16.4. The summed E-state index contributed by atoms with van der Waals surface area (Å²) in [6, 6.07) is 3.78. The molecule has 110 valence electrons. The van der Waals surface area contributed by atoms with E-state index >= 15 is 0 Å². The zero-order valence-corrected chi connectivity index (χ0v) is 11.7. The Morgan fingerprint density at radius 3 is 2.95 bits per heavy atom. The van der Waals surface area contributed by atoms with Gasteiger partial charge >= 0.3 is 5.97 Å². The summed E-state index contributed by atoms with van der Waals surface area (Å²) >= 11 is 0. The lowest BCUT2D eigenvalue weighted by Gasteiger charge is -2.10. The quantitative estimate of drug-likeness (QED) is 0.898. The number of fused-ring (bicyclic) bond motifs is 1. The lowest BCUT2D eigenvalue weighted by Crippen LogP contribution is -2.33. The molecule has 6 heteroatoms. The van der Waals surface area contributed by atoms with E-state index in [1.807, 2.05) is 25.3 Å². The van der Waals surface area contributed by atoms with Crippen LogP contribution in [-0.4, -0.2) is 32.4 Å². The fourth-order valence-electron chi connectivity index (χ4n) is 2.79. The van der Waals surface area contributed by atoms with Gasteiger partial charge in [0.2, 0.25) is 0 Å². The van der Waals surface area contributed by atoms with Gasteiger partial charge in [0.15, 0.2) is 0 Å². The predicted molar refractivity (Wildman–Crippen MR) is 76.2 cm³/mol. The molecule has 0 aromatic carbocycles. The number of aryl methyl sites for hydroxylation is 1. The van der Waals surface area contributed by atoms with Crippen LogP contribution in [0.15, 0.2) is 24.5 Å². The van der Waals surface area contributed by atoms with Crippen molar-refractivity contribution in [1.82, 2.24) is 14.7 Å². The van der Waals surface area contributed by atoms with Crippen molar-refractivity contribution in [3.8, 4) is 0 Å². The van der Waals surface area contributed by atoms with E-state index in [4.69, 9.17) is 5.11 Å². The summed E-state index contributed by atoms with van der Waals surface area (Å²) < 4.78 is 1.80. The number of imidazole rings is 1. The highest BCUT2D eigenvalue weighted by Gasteiger charge is 2.31. The Labute approximate surface area is 121 Å². The maximum atomic E-state index is 12.2. The summed E-state index contributed by atoms with van der Waals surface area (Å²) in [6.45, 7) is 1.97. The third kappa shape index (κ3) is 2.74. The third-order valence-electron chi connectivity index (χ3n) is 3.97. The van der Waals surface area contributed by atoms with Gasteiger partial charge < -0.3 is 14.8 Å². The van der Waals surface area contributed by atoms with Crippen LogP contribution in [0.3, 0.4) is 0 Å². The number of nitrogens with one attached hydrogen (secondary N) is 1. The van der Waals surface area contributed by atoms with Crippen LogP contribution in [0.2, 0.25) is 0 Å². The molecule has 21 heavy (non-hydrogen) atoms. The fourth-order valence-corrected chi connectivity index (χ4v) is 2.79. The molecule has 0 radical (unpaired) electrons. The number of aliphatic carboxylic acids is 1. The van der Waals surface area contributed by atoms with E-state index < -0.39 is 5.97 Å². The molecular formula is C15H17N3O3. The fraction of sp³-hybridized carbons (Fsp3) is 0.400. The molecule has 2 heterocycles. The van der Waals surface area contributed by atoms with Crippen LogP contribution in [0, 0.1) is 12.8 Å². The number of carboxylic acids is 1. The molecule has 0 aliphatic heterocycles. The highest BCUT2D eigenvalue weighted by molar-refractivity contribution is 5.93. The molecule has 2 atom stereocenters. The van der Waals surface area contributed by atoms with Crippen LogP contribution < -0.4 is 5.32 Å². The molecule has 2 N–H and O–H groups in total. The van der Waals surface area contributed by atoms with E-state index in [-0.39, 0.29) is 17.9 Å². The minimum atomic E-state index is -0.782. The van der Waals surface area contributed by atoms with Gasteiger partial charge in [-0.25, -0.2) is 4.98 Å². The van der Waals surface area contributed by atoms with Crippen molar-refractivity contribution in [3.63, 3.8) is 0 Å². The molecule has 6 nitrogen and oxygen atoms in total. The zero-order chi connectivity index (χ0) is 15.0. The van der Waals surface area contributed by atoms with Crippen molar-refractivity contribution in [2.75, 3.05) is 0 Å². The number of carboxylic acid groups (broad SMARTS) is 1. The third-order valence-corrected chi connectivity index (χ3v) is 3.97. The average molecular weight is 287 g/mol. The number of carbonyl (C=O) groups excluding carboxylic acids is 1. The first kappa shape index (κ1) is 13.6. The Kier molecular flexibility index (Phi) is 3.37. The van der Waals surface area contributed by atoms with Gasteiger partial charge in [0.1, 0.15) is 11.3 Å². The Balaban J connectivity index is 1.71. The van der Waals surface area contributed by atoms with Crippen LogP contribution in [0.1, 0.15) is 35.3 Å². The minimum absolute atomic E-state index is 0.0786. The SMILES string of the molecule is Cc1ccn2cc(C(=O)N[C@H]3CC[C@@H](C(=O)O)C3)nc2c1. The Hall–Kier alpha value is -2.37. The van der Waals surface area contributed by atoms with Crippen molar-refractivity contribution < 1.29 is 14.7 Å². The largest absolute Gasteiger partial charge is 0.481 e. The van der Waals surface area contributed by atoms with E-state index in [1.54, 1.807) is 10.6 Å². The number of nitrogens with zero attached hydrogens (tertiary/aromatic N) is 2. The van der Waals surface area contributed by atoms with Crippen LogP contribution >= 0.6 is 0 Å². The molecule has 2 aromatic rings. The first-order valence-corrected chi connectivity index (χ1v) is 7.02. The first-order valence-electron chi connectivity index (χ1n) is 7.02. The highest BCUT2D eigenvalue weighted by Crippen LogP contribution is 2.25. The summed E-state index contributed by atoms with van der Waals surface area (Å²) in [5.74, 6) is -1.37. The Morgan fingerprint density at radius 1 is 1.43 bits per heavy atom. The number of rotatable bonds is 3. The number of carbonyl (C=O) groups is 2. The smallest absolute Gasteiger partial charge is 0.306 e. The van der Waals surface area contributed by atoms with Crippen molar-refractivity contribution in [3.05, 3.63) is 35.8 Å². The van der Waals surface area contributed by atoms with Crippen molar-refractivity contribution in [1.29, 1.82) is 0 Å². The standard InChI is InChI=1S/C15H17N3O3/c1-9-4-5-18-8-12(17-13(18)6-9)14(19)16-11-3-2-10(7-11)15(20)21/h4-6,8,10-11H,2-3,7H2,1H3,(H,16,19)(H,20,21)/t10-,11+/m1/s1. The van der Waals surface area contributed by atoms with Gasteiger partial charge in [-0.15, -0.1) is 0 Å². The Bertz CT molecular complexity index is 707. The lowest BCUT2D eigenvalue weighted by molar-refractivity contribution is -0.141. The minimum Gasteiger partial charge on any atom is -0.481 e. The van der Waals surface area contributed by atoms with Crippen LogP contribution in [0.5, 0.6) is 0 Å². The van der Waals surface area contributed by atoms with Crippen LogP contribution in [-0.2, 0) is 4.79 Å². The van der Waals surface area contributed by atoms with E-state index in [0.29, 0.717) is 25.0 Å². The molecule has 2 aromatic heterocycles. The second-order valence-corrected chi connectivity index (χ2v) is 5.61. The molecule has 3 rings (SSSR count). The number of pyridine rings is 1. The van der Waals surface area contributed by atoms with Crippen molar-refractivity contribution in [2.24, 2.45) is 5.92 Å². The average Bonchev–Trinajstić information content (AvgIpc) is 3.04. The molecule has 0 bridgehead atoms. The molecule has 0 saturated heterocycles. The zero-order valence-electron chi connectivity index (χ0n) is 11.7. The number of aromatic nitrogens is 2. The Morgan fingerprint density at radius 2 is 2.24 bits per heavy atom. The number of hydrogen-bond acceptors (Lipinski definition) is 3. The first-order chi connectivity index (χ1) is 10.0. The molecule has 1 aliphatic rings. The van der Waals surface area contributed by atoms with Gasteiger partial charge in [-0.3, -0.25) is 9.59 Å². The monoisotopic (exact) mass is 287 g/mol. The van der Waals surface area contributed by atoms with E-state index in [1.165, 1.54) is 0 Å². The van der Waals surface area contributed by atoms with Crippen LogP contribution in [0.4, 0.5) is 0 Å². The molecular weight excluding hydrogens is 270 g/mol. The van der Waals surface area contributed by atoms with Gasteiger partial charge in [-0.2, -0.15) is 0 Å². The van der Waals surface area contributed by atoms with E-state index in [2.05, 4.69) is 10.3 Å². The predicted octanol–water partition coefficient (Wildman–Crippen LogP) is 1.63. The van der Waals surface area contributed by atoms with Gasteiger partial charge in [0.25, 0.3) is 5.91 Å². The number of amides is 1. The summed E-state index contributed by atoms with van der Waals surface area (Å²) in [4.78, 5) is 27.4. The molecule has 1 fully saturated rings. The number of hydrogen-bond donors (Lipinski definition) is 2. The van der Waals surface area contributed by atoms with Gasteiger partial charge in [0.05, 0.1) is 5.92 Å². The summed E-state index contributed by atoms with van der Waals surface area (Å²) in [5.41, 5.74) is 2.18. The molecule has 0 unspecified atom stereocenters. The molecule has 1 saturated carbocycles. The second-order valence-electron chi connectivity index (χ2n) is 5.61. The molecule has 1 aliphatic carbocycles. The van der Waals surface area contributed by atoms with Gasteiger partial charge in [-0.05, 0) is 43.9 Å². The lowest BCUT2D eigenvalue weighted by atomic mass is 10.1. The summed E-state index contributed by atoms with van der Waals surface area (Å²) in [5, 5.41) is 11.9. The maximum absolute atomic E-state index is 12.2. The summed E-state index contributed by atoms with van der Waals surface area (Å²) in [7, 11) is 0. The van der Waals surface area contributed by atoms with Gasteiger partial charge in [-0.1, -0.05) is 0 Å². The van der Waals surface area contributed by atoms with Gasteiger partial charge in [0, 0.05) is 18.4 Å². The summed E-state index contributed by atoms with van der Waals surface area (Å²) in [6.07, 6.45) is 5.37. The van der Waals surface area contributed by atoms with Crippen molar-refractivity contribution in [2.45, 2.75) is 32.2 Å². The van der Waals surface area contributed by atoms with E-state index in [9.17, 15) is 9.59 Å². The van der Waals surface area contributed by atoms with E-state index in [0.717, 1.165) is 11.2 Å². The normalized spacial score (nSPS) is 21.6.